The lowest BCUT2D eigenvalue weighted by Crippen LogP contribution is -2.49. The highest BCUT2D eigenvalue weighted by atomic mass is 16.9. The Morgan fingerprint density at radius 2 is 2.00 bits per heavy atom. The minimum absolute atomic E-state index is 0.598. The largest absolute Gasteiger partial charge is 0.516 e. The van der Waals surface area contributed by atoms with Gasteiger partial charge in [0.15, 0.2) is 0 Å². The standard InChI is InChI=1S/C14H22O3/c1-4-5-7-10-14(16-13(15)17-14)11-8-6-9-12(2)3/h12H,4-7,9-10H2,1-3H3. The molecule has 96 valence electrons. The maximum Gasteiger partial charge on any atom is 0.516 e. The van der Waals surface area contributed by atoms with Gasteiger partial charge in [-0.1, -0.05) is 39.5 Å². The molecule has 0 atom stereocenters. The molecule has 1 aliphatic rings. The van der Waals surface area contributed by atoms with E-state index in [0.717, 1.165) is 32.1 Å². The van der Waals surface area contributed by atoms with Crippen molar-refractivity contribution < 1.29 is 14.3 Å². The fourth-order valence-electron chi connectivity index (χ4n) is 1.66. The number of hydrogen-bond donors (Lipinski definition) is 0. The van der Waals surface area contributed by atoms with Crippen molar-refractivity contribution in [2.45, 2.75) is 65.1 Å². The van der Waals surface area contributed by atoms with E-state index in [9.17, 15) is 4.79 Å². The van der Waals surface area contributed by atoms with Gasteiger partial charge in [-0.05, 0) is 24.7 Å². The summed E-state index contributed by atoms with van der Waals surface area (Å²) >= 11 is 0. The van der Waals surface area contributed by atoms with E-state index in [-0.39, 0.29) is 0 Å². The van der Waals surface area contributed by atoms with Crippen molar-refractivity contribution in [1.29, 1.82) is 0 Å². The van der Waals surface area contributed by atoms with Crippen molar-refractivity contribution >= 4 is 6.16 Å². The van der Waals surface area contributed by atoms with Gasteiger partial charge in [0.2, 0.25) is 0 Å². The summed E-state index contributed by atoms with van der Waals surface area (Å²) in [5, 5.41) is 0. The summed E-state index contributed by atoms with van der Waals surface area (Å²) in [5.74, 6) is 5.73. The van der Waals surface area contributed by atoms with Crippen LogP contribution in [0.4, 0.5) is 4.79 Å². The Morgan fingerprint density at radius 3 is 2.53 bits per heavy atom. The number of carbonyl (C=O) groups is 1. The van der Waals surface area contributed by atoms with Crippen LogP contribution in [-0.2, 0) is 9.47 Å². The van der Waals surface area contributed by atoms with E-state index < -0.39 is 11.9 Å². The third-order valence-corrected chi connectivity index (χ3v) is 2.73. The maximum atomic E-state index is 10.8. The summed E-state index contributed by atoms with van der Waals surface area (Å²) < 4.78 is 10.1. The molecule has 1 aliphatic heterocycles. The second-order valence-corrected chi connectivity index (χ2v) is 4.90. The molecule has 0 aromatic carbocycles. The number of unbranched alkanes of at least 4 members (excludes halogenated alkanes) is 2. The Labute approximate surface area is 104 Å². The second kappa shape index (κ2) is 6.54. The van der Waals surface area contributed by atoms with Crippen molar-refractivity contribution in [3.63, 3.8) is 0 Å². The van der Waals surface area contributed by atoms with Crippen LogP contribution < -0.4 is 0 Å². The molecule has 0 N–H and O–H groups in total. The Hall–Kier alpha value is -1.17. The van der Waals surface area contributed by atoms with Gasteiger partial charge < -0.3 is 9.47 Å². The highest BCUT2D eigenvalue weighted by Crippen LogP contribution is 2.30. The highest BCUT2D eigenvalue weighted by Gasteiger charge is 2.46. The molecule has 1 heterocycles. The maximum absolute atomic E-state index is 10.8. The number of carbonyl (C=O) groups excluding carboxylic acids is 1. The first kappa shape index (κ1) is 13.9. The SMILES string of the molecule is CCCCCC1(C#CCCC(C)C)OC(=O)O1. The van der Waals surface area contributed by atoms with Crippen molar-refractivity contribution in [2.24, 2.45) is 5.92 Å². The minimum Gasteiger partial charge on any atom is -0.379 e. The van der Waals surface area contributed by atoms with Gasteiger partial charge in [0.1, 0.15) is 0 Å². The summed E-state index contributed by atoms with van der Waals surface area (Å²) in [6.07, 6.45) is 5.19. The average molecular weight is 238 g/mol. The van der Waals surface area contributed by atoms with Gasteiger partial charge >= 0.3 is 11.9 Å². The van der Waals surface area contributed by atoms with Crippen LogP contribution >= 0.6 is 0 Å². The first-order chi connectivity index (χ1) is 8.08. The molecule has 0 unspecified atom stereocenters. The molecular formula is C14H22O3. The third kappa shape index (κ3) is 4.68. The lowest BCUT2D eigenvalue weighted by molar-refractivity contribution is -0.237. The molecule has 0 aromatic rings. The summed E-state index contributed by atoms with van der Waals surface area (Å²) in [5.41, 5.74) is 0. The number of rotatable bonds is 6. The minimum atomic E-state index is -0.927. The summed E-state index contributed by atoms with van der Waals surface area (Å²) in [6, 6.07) is 0. The van der Waals surface area contributed by atoms with Gasteiger partial charge in [-0.15, -0.1) is 0 Å². The molecule has 3 nitrogen and oxygen atoms in total. The molecule has 0 amide bonds. The molecule has 0 aliphatic carbocycles. The fraction of sp³-hybridized carbons (Fsp3) is 0.786. The third-order valence-electron chi connectivity index (χ3n) is 2.73. The van der Waals surface area contributed by atoms with Crippen LogP contribution in [0.25, 0.3) is 0 Å². The Balaban J connectivity index is 2.39. The molecule has 3 heteroatoms. The van der Waals surface area contributed by atoms with Gasteiger partial charge in [0.05, 0.1) is 0 Å². The lowest BCUT2D eigenvalue weighted by Gasteiger charge is -2.35. The lowest BCUT2D eigenvalue weighted by atomic mass is 10.1. The molecule has 17 heavy (non-hydrogen) atoms. The van der Waals surface area contributed by atoms with Gasteiger partial charge in [-0.25, -0.2) is 4.79 Å². The normalized spacial score (nSPS) is 16.6. The van der Waals surface area contributed by atoms with Gasteiger partial charge in [-0.2, -0.15) is 0 Å². The zero-order valence-corrected chi connectivity index (χ0v) is 11.0. The topological polar surface area (TPSA) is 35.5 Å². The van der Waals surface area contributed by atoms with Crippen molar-refractivity contribution in [1.82, 2.24) is 0 Å². The van der Waals surface area contributed by atoms with Crippen molar-refractivity contribution in [3.05, 3.63) is 0 Å². The Morgan fingerprint density at radius 1 is 1.29 bits per heavy atom. The predicted octanol–water partition coefficient (Wildman–Crippen LogP) is 3.87. The molecule has 0 spiro atoms. The zero-order valence-electron chi connectivity index (χ0n) is 11.0. The van der Waals surface area contributed by atoms with E-state index in [1.165, 1.54) is 0 Å². The molecule has 1 saturated heterocycles. The van der Waals surface area contributed by atoms with Crippen LogP contribution in [0.1, 0.15) is 59.3 Å². The monoisotopic (exact) mass is 238 g/mol. The first-order valence-electron chi connectivity index (χ1n) is 6.50. The average Bonchev–Trinajstić information content (AvgIpc) is 2.22. The van der Waals surface area contributed by atoms with Crippen molar-refractivity contribution in [2.75, 3.05) is 0 Å². The Bertz CT molecular complexity index is 301. The molecule has 1 rings (SSSR count). The molecule has 0 saturated carbocycles. The number of cyclic esters (lactones) is 2. The van der Waals surface area contributed by atoms with Crippen LogP contribution in [0.3, 0.4) is 0 Å². The Kier molecular flexibility index (Phi) is 5.34. The van der Waals surface area contributed by atoms with Crippen LogP contribution in [-0.4, -0.2) is 11.9 Å². The summed E-state index contributed by atoms with van der Waals surface area (Å²) in [4.78, 5) is 10.8. The van der Waals surface area contributed by atoms with E-state index in [1.807, 2.05) is 0 Å². The van der Waals surface area contributed by atoms with Gasteiger partial charge in [0, 0.05) is 12.8 Å². The van der Waals surface area contributed by atoms with E-state index in [0.29, 0.717) is 12.3 Å². The van der Waals surface area contributed by atoms with Crippen LogP contribution in [0.15, 0.2) is 0 Å². The van der Waals surface area contributed by atoms with E-state index in [4.69, 9.17) is 9.47 Å². The molecule has 0 radical (unpaired) electrons. The predicted molar refractivity (Wildman–Crippen MR) is 66.3 cm³/mol. The smallest absolute Gasteiger partial charge is 0.379 e. The highest BCUT2D eigenvalue weighted by molar-refractivity contribution is 5.67. The van der Waals surface area contributed by atoms with Gasteiger partial charge in [-0.3, -0.25) is 0 Å². The molecule has 1 fully saturated rings. The molecule has 0 aromatic heterocycles. The number of ether oxygens (including phenoxy) is 2. The van der Waals surface area contributed by atoms with Crippen LogP contribution in [0, 0.1) is 17.8 Å². The number of hydrogen-bond acceptors (Lipinski definition) is 3. The fourth-order valence-corrected chi connectivity index (χ4v) is 1.66. The molecular weight excluding hydrogens is 216 g/mol. The van der Waals surface area contributed by atoms with Crippen LogP contribution in [0.2, 0.25) is 0 Å². The zero-order chi connectivity index (χ0) is 12.7. The van der Waals surface area contributed by atoms with Crippen LogP contribution in [0.5, 0.6) is 0 Å². The summed E-state index contributed by atoms with van der Waals surface area (Å²) in [6.45, 7) is 6.46. The summed E-state index contributed by atoms with van der Waals surface area (Å²) in [7, 11) is 0. The van der Waals surface area contributed by atoms with E-state index in [1.54, 1.807) is 0 Å². The van der Waals surface area contributed by atoms with Crippen molar-refractivity contribution in [3.8, 4) is 11.8 Å². The van der Waals surface area contributed by atoms with E-state index in [2.05, 4.69) is 32.6 Å². The molecule has 0 bridgehead atoms. The quantitative estimate of drug-likeness (QED) is 0.400. The first-order valence-corrected chi connectivity index (χ1v) is 6.50. The van der Waals surface area contributed by atoms with Gasteiger partial charge in [0.25, 0.3) is 0 Å². The van der Waals surface area contributed by atoms with E-state index >= 15 is 0 Å². The second-order valence-electron chi connectivity index (χ2n) is 4.90.